The number of amides is 3. The number of hydrogen-bond acceptors (Lipinski definition) is 5. The average molecular weight is 688 g/mol. The van der Waals surface area contributed by atoms with Crippen LogP contribution in [-0.4, -0.2) is 46.4 Å². The molecule has 31 heavy (non-hydrogen) atoms. The molecular formula is C20H24Br4N4O3. The highest BCUT2D eigenvalue weighted by Crippen LogP contribution is 2.44. The Hall–Kier alpha value is -0.330. The van der Waals surface area contributed by atoms with Crippen molar-refractivity contribution in [3.8, 4) is 0 Å². The molecule has 3 amide bonds. The molecule has 3 rings (SSSR count). The fourth-order valence-corrected chi connectivity index (χ4v) is 6.95. The highest BCUT2D eigenvalue weighted by Gasteiger charge is 2.42. The van der Waals surface area contributed by atoms with E-state index < -0.39 is 17.7 Å². The van der Waals surface area contributed by atoms with Crippen LogP contribution in [0.15, 0.2) is 17.9 Å². The summed E-state index contributed by atoms with van der Waals surface area (Å²) in [4.78, 5) is 38.1. The van der Waals surface area contributed by atoms with E-state index >= 15 is 0 Å². The van der Waals surface area contributed by atoms with Gasteiger partial charge in [0.05, 0.1) is 11.1 Å². The molecule has 0 atom stereocenters. The van der Waals surface area contributed by atoms with Crippen molar-refractivity contribution in [2.45, 2.75) is 64.1 Å². The molecule has 0 saturated carbocycles. The lowest BCUT2D eigenvalue weighted by atomic mass is 9.79. The summed E-state index contributed by atoms with van der Waals surface area (Å²) in [6.45, 7) is 9.14. The summed E-state index contributed by atoms with van der Waals surface area (Å²) in [6, 6.07) is 0.278. The van der Waals surface area contributed by atoms with E-state index in [0.717, 1.165) is 17.9 Å². The van der Waals surface area contributed by atoms with Gasteiger partial charge in [0.2, 0.25) is 5.91 Å². The number of carbonyl (C=O) groups is 3. The highest BCUT2D eigenvalue weighted by molar-refractivity contribution is 9.15. The van der Waals surface area contributed by atoms with Crippen molar-refractivity contribution in [1.29, 1.82) is 0 Å². The lowest BCUT2D eigenvalue weighted by Crippen LogP contribution is -2.61. The quantitative estimate of drug-likeness (QED) is 0.238. The number of benzene rings is 1. The average Bonchev–Trinajstić information content (AvgIpc) is 2.87. The van der Waals surface area contributed by atoms with Gasteiger partial charge in [-0.25, -0.2) is 0 Å². The number of carbonyl (C=O) groups excluding carboxylic acids is 3. The van der Waals surface area contributed by atoms with Crippen molar-refractivity contribution < 1.29 is 14.4 Å². The number of imide groups is 1. The highest BCUT2D eigenvalue weighted by atomic mass is 79.9. The molecule has 0 aliphatic carbocycles. The van der Waals surface area contributed by atoms with Gasteiger partial charge in [-0.05, 0) is 104 Å². The molecule has 0 spiro atoms. The minimum absolute atomic E-state index is 0.00512. The first-order chi connectivity index (χ1) is 14.2. The van der Waals surface area contributed by atoms with E-state index in [1.807, 2.05) is 0 Å². The van der Waals surface area contributed by atoms with Gasteiger partial charge in [-0.15, -0.1) is 0 Å². The Labute approximate surface area is 215 Å². The summed E-state index contributed by atoms with van der Waals surface area (Å²) >= 11 is 13.5. The number of halogens is 4. The molecule has 1 aromatic rings. The van der Waals surface area contributed by atoms with E-state index in [9.17, 15) is 14.4 Å². The standard InChI is InChI=1S/C20H24Br4N4O3/c1-19(2)7-9(8-20(3,4)27-19)25-6-5-10(29)26-28-17(30)11-12(18(28)31)14(22)16(24)15(23)13(11)21/h9,25,27H,5-8H2,1-4H3,(H,26,29). The van der Waals surface area contributed by atoms with Crippen LogP contribution in [0.4, 0.5) is 0 Å². The minimum atomic E-state index is -0.580. The number of hydrazine groups is 1. The zero-order chi connectivity index (χ0) is 23.3. The van der Waals surface area contributed by atoms with Gasteiger partial charge < -0.3 is 10.6 Å². The molecule has 0 aromatic heterocycles. The minimum Gasteiger partial charge on any atom is -0.313 e. The second kappa shape index (κ2) is 9.13. The number of nitrogens with one attached hydrogen (secondary N) is 3. The van der Waals surface area contributed by atoms with Crippen molar-refractivity contribution in [2.75, 3.05) is 6.54 Å². The second-order valence-electron chi connectivity index (χ2n) is 9.19. The molecule has 1 fully saturated rings. The number of fused-ring (bicyclic) bond motifs is 1. The topological polar surface area (TPSA) is 90.5 Å². The van der Waals surface area contributed by atoms with Crippen molar-refractivity contribution in [3.05, 3.63) is 29.0 Å². The molecule has 7 nitrogen and oxygen atoms in total. The number of nitrogens with zero attached hydrogens (tertiary/aromatic N) is 1. The lowest BCUT2D eigenvalue weighted by molar-refractivity contribution is -0.124. The first kappa shape index (κ1) is 25.3. The SMILES string of the molecule is CC1(C)CC(NCCC(=O)NN2C(=O)c3c(Br)c(Br)c(Br)c(Br)c3C2=O)CC(C)(C)N1. The molecule has 2 heterocycles. The van der Waals surface area contributed by atoms with Gasteiger partial charge in [0, 0.05) is 48.0 Å². The van der Waals surface area contributed by atoms with Gasteiger partial charge in [-0.2, -0.15) is 5.01 Å². The van der Waals surface area contributed by atoms with E-state index in [1.54, 1.807) is 0 Å². The Morgan fingerprint density at radius 1 is 0.935 bits per heavy atom. The molecule has 170 valence electrons. The Bertz CT molecular complexity index is 901. The molecule has 1 saturated heterocycles. The van der Waals surface area contributed by atoms with Crippen molar-refractivity contribution in [1.82, 2.24) is 21.1 Å². The second-order valence-corrected chi connectivity index (χ2v) is 12.4. The third kappa shape index (κ3) is 5.27. The molecule has 11 heteroatoms. The van der Waals surface area contributed by atoms with E-state index in [1.165, 1.54) is 0 Å². The van der Waals surface area contributed by atoms with Crippen LogP contribution in [0, 0.1) is 0 Å². The van der Waals surface area contributed by atoms with Gasteiger partial charge >= 0.3 is 0 Å². The predicted octanol–water partition coefficient (Wildman–Crippen LogP) is 4.65. The van der Waals surface area contributed by atoms with Crippen LogP contribution in [0.1, 0.15) is 67.7 Å². The Morgan fingerprint density at radius 3 is 1.84 bits per heavy atom. The lowest BCUT2D eigenvalue weighted by Gasteiger charge is -2.46. The molecule has 0 unspecified atom stereocenters. The van der Waals surface area contributed by atoms with Crippen molar-refractivity contribution >= 4 is 81.4 Å². The summed E-state index contributed by atoms with van der Waals surface area (Å²) in [5.74, 6) is -1.56. The Balaban J connectivity index is 1.62. The molecule has 0 bridgehead atoms. The third-order valence-corrected chi connectivity index (χ3v) is 10.1. The van der Waals surface area contributed by atoms with E-state index in [4.69, 9.17) is 0 Å². The maximum atomic E-state index is 12.8. The fourth-order valence-electron chi connectivity index (χ4n) is 4.49. The summed E-state index contributed by atoms with van der Waals surface area (Å²) in [7, 11) is 0. The van der Waals surface area contributed by atoms with E-state index in [-0.39, 0.29) is 34.7 Å². The summed E-state index contributed by atoms with van der Waals surface area (Å²) in [5, 5.41) is 7.85. The third-order valence-electron chi connectivity index (χ3n) is 5.31. The zero-order valence-electron chi connectivity index (χ0n) is 17.6. The Morgan fingerprint density at radius 2 is 1.39 bits per heavy atom. The first-order valence-electron chi connectivity index (χ1n) is 9.81. The van der Waals surface area contributed by atoms with Crippen LogP contribution in [-0.2, 0) is 4.79 Å². The monoisotopic (exact) mass is 684 g/mol. The maximum Gasteiger partial charge on any atom is 0.281 e. The fraction of sp³-hybridized carbons (Fsp3) is 0.550. The van der Waals surface area contributed by atoms with Gasteiger partial charge in [-0.1, -0.05) is 0 Å². The van der Waals surface area contributed by atoms with Crippen LogP contribution in [0.5, 0.6) is 0 Å². The largest absolute Gasteiger partial charge is 0.313 e. The summed E-state index contributed by atoms with van der Waals surface area (Å²) in [6.07, 6.45) is 2.04. The van der Waals surface area contributed by atoms with Crippen LogP contribution < -0.4 is 16.1 Å². The van der Waals surface area contributed by atoms with Gasteiger partial charge in [0.25, 0.3) is 11.8 Å². The molecule has 0 radical (unpaired) electrons. The molecule has 2 aliphatic rings. The summed E-state index contributed by atoms with van der Waals surface area (Å²) < 4.78 is 2.10. The zero-order valence-corrected chi connectivity index (χ0v) is 23.9. The maximum absolute atomic E-state index is 12.8. The van der Waals surface area contributed by atoms with Crippen molar-refractivity contribution in [2.24, 2.45) is 0 Å². The Kier molecular flexibility index (Phi) is 7.45. The van der Waals surface area contributed by atoms with Crippen LogP contribution in [0.2, 0.25) is 0 Å². The number of piperidine rings is 1. The van der Waals surface area contributed by atoms with Crippen molar-refractivity contribution in [3.63, 3.8) is 0 Å². The van der Waals surface area contributed by atoms with E-state index in [0.29, 0.717) is 24.4 Å². The number of rotatable bonds is 5. The summed E-state index contributed by atoms with van der Waals surface area (Å²) in [5.41, 5.74) is 2.87. The molecule has 2 aliphatic heterocycles. The smallest absolute Gasteiger partial charge is 0.281 e. The van der Waals surface area contributed by atoms with Crippen LogP contribution in [0.3, 0.4) is 0 Å². The molecular weight excluding hydrogens is 664 g/mol. The van der Waals surface area contributed by atoms with Crippen LogP contribution in [0.25, 0.3) is 0 Å². The van der Waals surface area contributed by atoms with Crippen LogP contribution >= 0.6 is 63.7 Å². The molecule has 3 N–H and O–H groups in total. The normalized spacial score (nSPS) is 20.2. The molecule has 1 aromatic carbocycles. The van der Waals surface area contributed by atoms with Gasteiger partial charge in [-0.3, -0.25) is 19.8 Å². The first-order valence-corrected chi connectivity index (χ1v) is 13.0. The van der Waals surface area contributed by atoms with Gasteiger partial charge in [0.15, 0.2) is 0 Å². The van der Waals surface area contributed by atoms with Gasteiger partial charge in [0.1, 0.15) is 0 Å². The number of hydrogen-bond donors (Lipinski definition) is 3. The predicted molar refractivity (Wildman–Crippen MR) is 133 cm³/mol. The van der Waals surface area contributed by atoms with E-state index in [2.05, 4.69) is 107 Å².